The third-order valence-electron chi connectivity index (χ3n) is 3.40. The van der Waals surface area contributed by atoms with Crippen LogP contribution >= 0.6 is 0 Å². The van der Waals surface area contributed by atoms with Gasteiger partial charge >= 0.3 is 0 Å². The van der Waals surface area contributed by atoms with Gasteiger partial charge in [0.2, 0.25) is 0 Å². The van der Waals surface area contributed by atoms with E-state index >= 15 is 0 Å². The average Bonchev–Trinajstić information content (AvgIpc) is 2.86. The molecule has 1 aromatic heterocycles. The topological polar surface area (TPSA) is 75.1 Å². The Labute approximate surface area is 108 Å². The molecule has 0 aromatic carbocycles. The minimum Gasteiger partial charge on any atom is -0.381 e. The van der Waals surface area contributed by atoms with E-state index in [4.69, 9.17) is 10.5 Å². The van der Waals surface area contributed by atoms with Crippen LogP contribution in [-0.4, -0.2) is 37.3 Å². The van der Waals surface area contributed by atoms with Gasteiger partial charge in [-0.2, -0.15) is 0 Å². The molecule has 0 amide bonds. The average molecular weight is 252 g/mol. The highest BCUT2D eigenvalue weighted by molar-refractivity contribution is 5.46. The number of aromatic amines is 1. The lowest BCUT2D eigenvalue weighted by atomic mass is 10.1. The van der Waals surface area contributed by atoms with Crippen molar-refractivity contribution < 1.29 is 4.74 Å². The molecular formula is C13H24N4O. The third kappa shape index (κ3) is 3.48. The van der Waals surface area contributed by atoms with Gasteiger partial charge in [-0.3, -0.25) is 0 Å². The standard InChI is InChI=1S/C13H24N4O/c1-10(17-11-3-8-18-9-4-11)12-2-6-15-13(12)16-7-5-14/h2,6,10-11,15-17H,3-5,7-9,14H2,1H3. The molecule has 102 valence electrons. The van der Waals surface area contributed by atoms with Crippen LogP contribution in [0.1, 0.15) is 31.4 Å². The van der Waals surface area contributed by atoms with Crippen LogP contribution in [0.3, 0.4) is 0 Å². The predicted molar refractivity (Wildman–Crippen MR) is 73.7 cm³/mol. The van der Waals surface area contributed by atoms with Crippen molar-refractivity contribution in [3.63, 3.8) is 0 Å². The quantitative estimate of drug-likeness (QED) is 0.614. The van der Waals surface area contributed by atoms with Crippen LogP contribution in [0.2, 0.25) is 0 Å². The van der Waals surface area contributed by atoms with Gasteiger partial charge in [0.15, 0.2) is 0 Å². The van der Waals surface area contributed by atoms with Crippen molar-refractivity contribution in [3.05, 3.63) is 17.8 Å². The summed E-state index contributed by atoms with van der Waals surface area (Å²) in [4.78, 5) is 3.23. The van der Waals surface area contributed by atoms with Gasteiger partial charge in [0.05, 0.1) is 0 Å². The van der Waals surface area contributed by atoms with E-state index in [1.165, 1.54) is 5.56 Å². The van der Waals surface area contributed by atoms with Crippen molar-refractivity contribution in [3.8, 4) is 0 Å². The van der Waals surface area contributed by atoms with Crippen molar-refractivity contribution in [2.24, 2.45) is 5.73 Å². The fourth-order valence-electron chi connectivity index (χ4n) is 2.40. The summed E-state index contributed by atoms with van der Waals surface area (Å²) in [6.45, 7) is 5.37. The Kier molecular flexibility index (Phi) is 5.04. The molecule has 1 atom stereocenters. The minimum atomic E-state index is 0.333. The van der Waals surface area contributed by atoms with Crippen LogP contribution in [0.4, 0.5) is 5.82 Å². The number of hydrogen-bond donors (Lipinski definition) is 4. The van der Waals surface area contributed by atoms with Crippen LogP contribution in [-0.2, 0) is 4.74 Å². The summed E-state index contributed by atoms with van der Waals surface area (Å²) in [5.74, 6) is 1.08. The summed E-state index contributed by atoms with van der Waals surface area (Å²) in [5.41, 5.74) is 6.79. The Hall–Kier alpha value is -1.04. The van der Waals surface area contributed by atoms with Crippen LogP contribution in [0, 0.1) is 0 Å². The molecule has 0 aliphatic carbocycles. The molecule has 1 unspecified atom stereocenters. The monoisotopic (exact) mass is 252 g/mol. The third-order valence-corrected chi connectivity index (χ3v) is 3.40. The number of H-pyrrole nitrogens is 1. The maximum absolute atomic E-state index is 5.51. The normalized spacial score (nSPS) is 18.8. The first-order valence-corrected chi connectivity index (χ1v) is 6.76. The summed E-state index contributed by atoms with van der Waals surface area (Å²) in [6, 6.07) is 3.01. The molecule has 1 saturated heterocycles. The largest absolute Gasteiger partial charge is 0.381 e. The van der Waals surface area contributed by atoms with Crippen molar-refractivity contribution in [1.82, 2.24) is 10.3 Å². The molecular weight excluding hydrogens is 228 g/mol. The Morgan fingerprint density at radius 2 is 2.28 bits per heavy atom. The minimum absolute atomic E-state index is 0.333. The van der Waals surface area contributed by atoms with Crippen LogP contribution in [0.5, 0.6) is 0 Å². The Morgan fingerprint density at radius 3 is 3.00 bits per heavy atom. The molecule has 0 bridgehead atoms. The molecule has 0 spiro atoms. The molecule has 2 heterocycles. The van der Waals surface area contributed by atoms with E-state index in [1.54, 1.807) is 0 Å². The van der Waals surface area contributed by atoms with Gasteiger partial charge in [-0.15, -0.1) is 0 Å². The van der Waals surface area contributed by atoms with Gasteiger partial charge in [-0.05, 0) is 25.8 Å². The molecule has 1 aliphatic heterocycles. The van der Waals surface area contributed by atoms with Crippen LogP contribution in [0.15, 0.2) is 12.3 Å². The van der Waals surface area contributed by atoms with Gasteiger partial charge < -0.3 is 26.1 Å². The molecule has 2 rings (SSSR count). The number of hydrogen-bond acceptors (Lipinski definition) is 4. The molecule has 1 aromatic rings. The van der Waals surface area contributed by atoms with Crippen molar-refractivity contribution in [1.29, 1.82) is 0 Å². The van der Waals surface area contributed by atoms with E-state index in [-0.39, 0.29) is 0 Å². The van der Waals surface area contributed by atoms with Crippen molar-refractivity contribution in [2.45, 2.75) is 31.8 Å². The zero-order valence-corrected chi connectivity index (χ0v) is 11.0. The predicted octanol–water partition coefficient (Wildman–Crippen LogP) is 1.21. The van der Waals surface area contributed by atoms with Crippen LogP contribution in [0.25, 0.3) is 0 Å². The fourth-order valence-corrected chi connectivity index (χ4v) is 2.40. The highest BCUT2D eigenvalue weighted by Gasteiger charge is 2.18. The number of nitrogens with two attached hydrogens (primary N) is 1. The number of rotatable bonds is 6. The van der Waals surface area contributed by atoms with Crippen molar-refractivity contribution in [2.75, 3.05) is 31.6 Å². The van der Waals surface area contributed by atoms with Gasteiger partial charge in [-0.1, -0.05) is 0 Å². The van der Waals surface area contributed by atoms with E-state index in [1.807, 2.05) is 6.20 Å². The lowest BCUT2D eigenvalue weighted by Gasteiger charge is -2.27. The molecule has 1 fully saturated rings. The van der Waals surface area contributed by atoms with E-state index in [2.05, 4.69) is 28.6 Å². The molecule has 5 nitrogen and oxygen atoms in total. The first kappa shape index (κ1) is 13.4. The van der Waals surface area contributed by atoms with E-state index in [0.29, 0.717) is 18.6 Å². The second-order valence-electron chi connectivity index (χ2n) is 4.80. The maximum atomic E-state index is 5.51. The lowest BCUT2D eigenvalue weighted by molar-refractivity contribution is 0.0755. The fraction of sp³-hybridized carbons (Fsp3) is 0.692. The summed E-state index contributed by atoms with van der Waals surface area (Å²) < 4.78 is 5.38. The second kappa shape index (κ2) is 6.78. The number of anilines is 1. The Bertz CT molecular complexity index is 347. The van der Waals surface area contributed by atoms with E-state index < -0.39 is 0 Å². The zero-order chi connectivity index (χ0) is 12.8. The van der Waals surface area contributed by atoms with Gasteiger partial charge in [0.25, 0.3) is 0 Å². The summed E-state index contributed by atoms with van der Waals surface area (Å²) in [7, 11) is 0. The van der Waals surface area contributed by atoms with Gasteiger partial charge in [0.1, 0.15) is 5.82 Å². The summed E-state index contributed by atoms with van der Waals surface area (Å²) >= 11 is 0. The van der Waals surface area contributed by atoms with E-state index in [0.717, 1.165) is 38.4 Å². The molecule has 0 saturated carbocycles. The summed E-state index contributed by atoms with van der Waals surface area (Å²) in [5, 5.41) is 6.98. The van der Waals surface area contributed by atoms with Crippen LogP contribution < -0.4 is 16.4 Å². The van der Waals surface area contributed by atoms with Gasteiger partial charge in [-0.25, -0.2) is 0 Å². The maximum Gasteiger partial charge on any atom is 0.108 e. The van der Waals surface area contributed by atoms with Crippen molar-refractivity contribution >= 4 is 5.82 Å². The highest BCUT2D eigenvalue weighted by Crippen LogP contribution is 2.22. The molecule has 0 radical (unpaired) electrons. The van der Waals surface area contributed by atoms with Gasteiger partial charge in [0, 0.05) is 50.1 Å². The molecule has 18 heavy (non-hydrogen) atoms. The molecule has 5 N–H and O–H groups in total. The highest BCUT2D eigenvalue weighted by atomic mass is 16.5. The smallest absolute Gasteiger partial charge is 0.108 e. The first-order valence-electron chi connectivity index (χ1n) is 6.76. The molecule has 5 heteroatoms. The number of aromatic nitrogens is 1. The van der Waals surface area contributed by atoms with E-state index in [9.17, 15) is 0 Å². The Balaban J connectivity index is 1.90. The SMILES string of the molecule is CC(NC1CCOCC1)c1cc[nH]c1NCCN. The number of nitrogens with one attached hydrogen (secondary N) is 3. The number of ether oxygens (including phenoxy) is 1. The second-order valence-corrected chi connectivity index (χ2v) is 4.80. The first-order chi connectivity index (χ1) is 8.81. The lowest BCUT2D eigenvalue weighted by Crippen LogP contribution is -2.36. The molecule has 1 aliphatic rings. The zero-order valence-electron chi connectivity index (χ0n) is 11.0. The summed E-state index contributed by atoms with van der Waals surface area (Å²) in [6.07, 6.45) is 4.16. The Morgan fingerprint density at radius 1 is 1.50 bits per heavy atom.